The van der Waals surface area contributed by atoms with E-state index < -0.39 is 0 Å². The zero-order valence-corrected chi connectivity index (χ0v) is 19.1. The number of nitrogens with zero attached hydrogens (tertiary/aromatic N) is 3. The second-order valence-corrected chi connectivity index (χ2v) is 8.45. The molecule has 0 aromatic heterocycles. The van der Waals surface area contributed by atoms with Crippen LogP contribution in [-0.2, 0) is 24.4 Å². The van der Waals surface area contributed by atoms with Crippen molar-refractivity contribution < 1.29 is 9.18 Å². The van der Waals surface area contributed by atoms with Gasteiger partial charge in [0.1, 0.15) is 5.82 Å². The number of halogens is 1. The van der Waals surface area contributed by atoms with E-state index in [9.17, 15) is 9.18 Å². The van der Waals surface area contributed by atoms with Crippen molar-refractivity contribution in [2.75, 3.05) is 26.7 Å². The Bertz CT molecular complexity index is 932. The van der Waals surface area contributed by atoms with Crippen molar-refractivity contribution in [2.45, 2.75) is 39.4 Å². The van der Waals surface area contributed by atoms with Crippen molar-refractivity contribution in [1.82, 2.24) is 15.1 Å². The molecule has 1 amide bonds. The molecule has 2 aromatic rings. The van der Waals surface area contributed by atoms with Crippen LogP contribution in [0, 0.1) is 11.7 Å². The first-order valence-electron chi connectivity index (χ1n) is 11.3. The number of piperidine rings is 1. The molecule has 0 aliphatic carbocycles. The summed E-state index contributed by atoms with van der Waals surface area (Å²) in [7, 11) is 1.95. The van der Waals surface area contributed by atoms with Crippen LogP contribution in [0.15, 0.2) is 53.5 Å². The summed E-state index contributed by atoms with van der Waals surface area (Å²) < 4.78 is 13.5. The van der Waals surface area contributed by atoms with Gasteiger partial charge in [-0.05, 0) is 55.1 Å². The van der Waals surface area contributed by atoms with Gasteiger partial charge >= 0.3 is 0 Å². The number of primary amides is 1. The number of benzene rings is 2. The molecule has 0 spiro atoms. The van der Waals surface area contributed by atoms with Gasteiger partial charge in [0.05, 0.1) is 12.5 Å². The minimum Gasteiger partial charge on any atom is -0.369 e. The summed E-state index contributed by atoms with van der Waals surface area (Å²) in [6, 6.07) is 15.1. The molecule has 172 valence electrons. The predicted octanol–water partition coefficient (Wildman–Crippen LogP) is 3.12. The number of hydrogen-bond acceptors (Lipinski definition) is 3. The van der Waals surface area contributed by atoms with Crippen molar-refractivity contribution in [2.24, 2.45) is 16.6 Å². The average Bonchev–Trinajstić information content (AvgIpc) is 2.77. The molecule has 1 fully saturated rings. The number of rotatable bonds is 8. The number of amides is 1. The molecule has 6 nitrogen and oxygen atoms in total. The first-order chi connectivity index (χ1) is 15.4. The SMILES string of the molecule is CCNC(=NCc1cccc(CN2CCCC(C(N)=O)C2)c1)N(C)Cc1cccc(F)c1. The first-order valence-corrected chi connectivity index (χ1v) is 11.3. The summed E-state index contributed by atoms with van der Waals surface area (Å²) in [5, 5.41) is 3.31. The quantitative estimate of drug-likeness (QED) is 0.490. The van der Waals surface area contributed by atoms with Gasteiger partial charge in [-0.15, -0.1) is 0 Å². The Morgan fingerprint density at radius 3 is 2.72 bits per heavy atom. The van der Waals surface area contributed by atoms with Crippen LogP contribution < -0.4 is 11.1 Å². The van der Waals surface area contributed by atoms with Crippen LogP contribution in [0.1, 0.15) is 36.5 Å². The van der Waals surface area contributed by atoms with Crippen LogP contribution in [0.5, 0.6) is 0 Å². The monoisotopic (exact) mass is 439 g/mol. The van der Waals surface area contributed by atoms with E-state index in [1.807, 2.05) is 24.9 Å². The zero-order chi connectivity index (χ0) is 22.9. The van der Waals surface area contributed by atoms with Crippen molar-refractivity contribution >= 4 is 11.9 Å². The number of nitrogens with two attached hydrogens (primary N) is 1. The fourth-order valence-electron chi connectivity index (χ4n) is 4.14. The van der Waals surface area contributed by atoms with E-state index in [2.05, 4.69) is 34.5 Å². The van der Waals surface area contributed by atoms with Gasteiger partial charge in [-0.25, -0.2) is 9.38 Å². The molecule has 3 N–H and O–H groups in total. The summed E-state index contributed by atoms with van der Waals surface area (Å²) in [4.78, 5) is 20.6. The Kier molecular flexibility index (Phi) is 8.62. The highest BCUT2D eigenvalue weighted by molar-refractivity contribution is 5.79. The zero-order valence-electron chi connectivity index (χ0n) is 19.1. The molecule has 1 aliphatic rings. The Labute approximate surface area is 190 Å². The highest BCUT2D eigenvalue weighted by Crippen LogP contribution is 2.19. The number of guanidine groups is 1. The second kappa shape index (κ2) is 11.6. The van der Waals surface area contributed by atoms with Crippen LogP contribution in [0.4, 0.5) is 4.39 Å². The average molecular weight is 440 g/mol. The van der Waals surface area contributed by atoms with Crippen LogP contribution in [0.3, 0.4) is 0 Å². The molecule has 1 heterocycles. The van der Waals surface area contributed by atoms with E-state index in [4.69, 9.17) is 10.7 Å². The van der Waals surface area contributed by atoms with Crippen LogP contribution in [0.25, 0.3) is 0 Å². The van der Waals surface area contributed by atoms with Gasteiger partial charge in [0.25, 0.3) is 0 Å². The van der Waals surface area contributed by atoms with Gasteiger partial charge in [-0.3, -0.25) is 9.69 Å². The van der Waals surface area contributed by atoms with Crippen molar-refractivity contribution in [1.29, 1.82) is 0 Å². The summed E-state index contributed by atoms with van der Waals surface area (Å²) in [6.07, 6.45) is 1.89. The van der Waals surface area contributed by atoms with E-state index in [1.54, 1.807) is 12.1 Å². The lowest BCUT2D eigenvalue weighted by atomic mass is 9.97. The third-order valence-electron chi connectivity index (χ3n) is 5.72. The maximum absolute atomic E-state index is 13.5. The lowest BCUT2D eigenvalue weighted by Crippen LogP contribution is -2.40. The minimum atomic E-state index is -0.231. The van der Waals surface area contributed by atoms with Crippen molar-refractivity contribution in [3.63, 3.8) is 0 Å². The topological polar surface area (TPSA) is 74.0 Å². The molecule has 1 aliphatic heterocycles. The van der Waals surface area contributed by atoms with E-state index >= 15 is 0 Å². The van der Waals surface area contributed by atoms with Crippen LogP contribution in [-0.4, -0.2) is 48.3 Å². The Balaban J connectivity index is 1.63. The first kappa shape index (κ1) is 23.7. The normalized spacial score (nSPS) is 17.2. The smallest absolute Gasteiger partial charge is 0.221 e. The molecule has 0 radical (unpaired) electrons. The van der Waals surface area contributed by atoms with Crippen LogP contribution in [0.2, 0.25) is 0 Å². The molecular weight excluding hydrogens is 405 g/mol. The fourth-order valence-corrected chi connectivity index (χ4v) is 4.14. The molecule has 1 saturated heterocycles. The summed E-state index contributed by atoms with van der Waals surface area (Å²) >= 11 is 0. The largest absolute Gasteiger partial charge is 0.369 e. The fraction of sp³-hybridized carbons (Fsp3) is 0.440. The second-order valence-electron chi connectivity index (χ2n) is 8.45. The summed E-state index contributed by atoms with van der Waals surface area (Å²) in [5.41, 5.74) is 8.74. The molecule has 1 unspecified atom stereocenters. The van der Waals surface area contributed by atoms with E-state index in [0.29, 0.717) is 13.1 Å². The standard InChI is InChI=1S/C25H34FN5O/c1-3-28-25(30(2)16-21-9-5-11-23(26)14-21)29-15-19-7-4-8-20(13-19)17-31-12-6-10-22(18-31)24(27)32/h4-5,7-9,11,13-14,22H,3,6,10,12,15-18H2,1-2H3,(H2,27,32)(H,28,29). The molecule has 7 heteroatoms. The number of carbonyl (C=O) groups excluding carboxylic acids is 1. The molecule has 32 heavy (non-hydrogen) atoms. The van der Waals surface area contributed by atoms with Crippen molar-refractivity contribution in [3.8, 4) is 0 Å². The minimum absolute atomic E-state index is 0.0483. The van der Waals surface area contributed by atoms with E-state index in [1.165, 1.54) is 11.6 Å². The van der Waals surface area contributed by atoms with E-state index in [0.717, 1.165) is 56.1 Å². The molecular formula is C25H34FN5O. The van der Waals surface area contributed by atoms with E-state index in [-0.39, 0.29) is 17.6 Å². The molecule has 3 rings (SSSR count). The highest BCUT2D eigenvalue weighted by atomic mass is 19.1. The summed E-state index contributed by atoms with van der Waals surface area (Å²) in [6.45, 7) is 6.43. The number of hydrogen-bond donors (Lipinski definition) is 2. The van der Waals surface area contributed by atoms with Gasteiger partial charge in [0, 0.05) is 33.2 Å². The Hall–Kier alpha value is -2.93. The van der Waals surface area contributed by atoms with Gasteiger partial charge in [-0.1, -0.05) is 36.4 Å². The van der Waals surface area contributed by atoms with Gasteiger partial charge in [0.2, 0.25) is 5.91 Å². The summed E-state index contributed by atoms with van der Waals surface area (Å²) in [5.74, 6) is 0.303. The lowest BCUT2D eigenvalue weighted by molar-refractivity contribution is -0.123. The lowest BCUT2D eigenvalue weighted by Gasteiger charge is -2.31. The Morgan fingerprint density at radius 1 is 1.22 bits per heavy atom. The number of nitrogens with one attached hydrogen (secondary N) is 1. The maximum atomic E-state index is 13.5. The third-order valence-corrected chi connectivity index (χ3v) is 5.72. The van der Waals surface area contributed by atoms with Crippen molar-refractivity contribution in [3.05, 3.63) is 71.0 Å². The molecule has 0 saturated carbocycles. The molecule has 1 atom stereocenters. The number of carbonyl (C=O) groups is 1. The Morgan fingerprint density at radius 2 is 1.97 bits per heavy atom. The third kappa shape index (κ3) is 7.05. The number of aliphatic imine (C=N–C) groups is 1. The maximum Gasteiger partial charge on any atom is 0.221 e. The number of likely N-dealkylation sites (tertiary alicyclic amines) is 1. The molecule has 2 aromatic carbocycles. The molecule has 0 bridgehead atoms. The van der Waals surface area contributed by atoms with Crippen LogP contribution >= 0.6 is 0 Å². The predicted molar refractivity (Wildman–Crippen MR) is 126 cm³/mol. The highest BCUT2D eigenvalue weighted by Gasteiger charge is 2.23. The van der Waals surface area contributed by atoms with Gasteiger partial charge in [0.15, 0.2) is 5.96 Å². The van der Waals surface area contributed by atoms with Gasteiger partial charge < -0.3 is 16.0 Å². The van der Waals surface area contributed by atoms with Gasteiger partial charge in [-0.2, -0.15) is 0 Å².